The number of aromatic nitrogens is 2. The zero-order valence-corrected chi connectivity index (χ0v) is 11.4. The molecule has 0 unspecified atom stereocenters. The number of halogens is 1. The van der Waals surface area contributed by atoms with E-state index in [0.29, 0.717) is 12.1 Å². The molecule has 1 aromatic carbocycles. The molecule has 0 aliphatic carbocycles. The average Bonchev–Trinajstić information content (AvgIpc) is 2.74. The summed E-state index contributed by atoms with van der Waals surface area (Å²) in [6.45, 7) is 0. The molecule has 0 aliphatic heterocycles. The van der Waals surface area contributed by atoms with Crippen molar-refractivity contribution < 1.29 is 14.4 Å². The molecule has 2 aromatic rings. The number of benzene rings is 1. The monoisotopic (exact) mass is 293 g/mol. The van der Waals surface area contributed by atoms with Crippen molar-refractivity contribution in [1.82, 2.24) is 15.3 Å². The van der Waals surface area contributed by atoms with Gasteiger partial charge in [-0.2, -0.15) is 10.6 Å². The number of amides is 1. The molecule has 0 aliphatic rings. The Morgan fingerprint density at radius 2 is 2.15 bits per heavy atom. The van der Waals surface area contributed by atoms with Crippen molar-refractivity contribution in [3.63, 3.8) is 0 Å². The van der Waals surface area contributed by atoms with Gasteiger partial charge < -0.3 is 4.84 Å². The molecule has 1 aromatic heterocycles. The standard InChI is InChI=1S/C13H12ClN3O3/c1-17-10(7-9-5-3-2-4-6-9)11(14)12(16-17)13(19)20-15-8-18/h2-6,8H,7H2,1H3,(H,15,18). The molecule has 0 saturated carbocycles. The van der Waals surface area contributed by atoms with Gasteiger partial charge in [0.2, 0.25) is 6.41 Å². The third-order valence-corrected chi connectivity index (χ3v) is 3.11. The quantitative estimate of drug-likeness (QED) is 0.669. The fourth-order valence-corrected chi connectivity index (χ4v) is 2.07. The summed E-state index contributed by atoms with van der Waals surface area (Å²) in [5.74, 6) is -0.808. The van der Waals surface area contributed by atoms with Gasteiger partial charge in [-0.25, -0.2) is 4.79 Å². The molecule has 2 rings (SSSR count). The number of nitrogens with zero attached hydrogens (tertiary/aromatic N) is 2. The second-order valence-corrected chi connectivity index (χ2v) is 4.40. The van der Waals surface area contributed by atoms with E-state index in [1.807, 2.05) is 35.8 Å². The SMILES string of the molecule is Cn1nc(C(=O)ONC=O)c(Cl)c1Cc1ccccc1. The van der Waals surface area contributed by atoms with Crippen LogP contribution in [0.15, 0.2) is 30.3 Å². The minimum Gasteiger partial charge on any atom is -0.334 e. The third-order valence-electron chi connectivity index (χ3n) is 2.71. The van der Waals surface area contributed by atoms with Crippen molar-refractivity contribution in [1.29, 1.82) is 0 Å². The van der Waals surface area contributed by atoms with Crippen LogP contribution in [-0.4, -0.2) is 22.2 Å². The Hall–Kier alpha value is -2.34. The Morgan fingerprint density at radius 3 is 2.80 bits per heavy atom. The lowest BCUT2D eigenvalue weighted by atomic mass is 10.1. The lowest BCUT2D eigenvalue weighted by Crippen LogP contribution is -2.18. The number of hydroxylamine groups is 1. The number of carbonyl (C=O) groups is 2. The van der Waals surface area contributed by atoms with E-state index in [9.17, 15) is 9.59 Å². The molecule has 0 atom stereocenters. The van der Waals surface area contributed by atoms with E-state index in [4.69, 9.17) is 11.6 Å². The highest BCUT2D eigenvalue weighted by Crippen LogP contribution is 2.23. The Bertz CT molecular complexity index is 625. The van der Waals surface area contributed by atoms with Crippen LogP contribution in [0.1, 0.15) is 21.7 Å². The number of aryl methyl sites for hydroxylation is 1. The summed E-state index contributed by atoms with van der Waals surface area (Å²) < 4.78 is 1.52. The number of hydrogen-bond donors (Lipinski definition) is 1. The first-order valence-corrected chi connectivity index (χ1v) is 6.17. The largest absolute Gasteiger partial charge is 0.384 e. The summed E-state index contributed by atoms with van der Waals surface area (Å²) in [5.41, 5.74) is 3.52. The Morgan fingerprint density at radius 1 is 1.45 bits per heavy atom. The van der Waals surface area contributed by atoms with Crippen LogP contribution in [0.2, 0.25) is 5.02 Å². The maximum atomic E-state index is 11.6. The molecule has 1 amide bonds. The highest BCUT2D eigenvalue weighted by atomic mass is 35.5. The van der Waals surface area contributed by atoms with Crippen LogP contribution in [-0.2, 0) is 23.1 Å². The van der Waals surface area contributed by atoms with Crippen LogP contribution in [0.3, 0.4) is 0 Å². The van der Waals surface area contributed by atoms with Gasteiger partial charge >= 0.3 is 5.97 Å². The van der Waals surface area contributed by atoms with Gasteiger partial charge in [-0.3, -0.25) is 9.48 Å². The number of rotatable bonds is 5. The topological polar surface area (TPSA) is 73.2 Å². The predicted octanol–water partition coefficient (Wildman–Crippen LogP) is 1.48. The molecular weight excluding hydrogens is 282 g/mol. The van der Waals surface area contributed by atoms with Gasteiger partial charge in [-0.15, -0.1) is 0 Å². The molecule has 0 saturated heterocycles. The van der Waals surface area contributed by atoms with E-state index in [1.165, 1.54) is 4.68 Å². The van der Waals surface area contributed by atoms with Crippen LogP contribution in [0, 0.1) is 0 Å². The van der Waals surface area contributed by atoms with E-state index in [2.05, 4.69) is 9.94 Å². The highest BCUT2D eigenvalue weighted by molar-refractivity contribution is 6.34. The highest BCUT2D eigenvalue weighted by Gasteiger charge is 2.22. The van der Waals surface area contributed by atoms with Crippen molar-refractivity contribution >= 4 is 24.0 Å². The Labute approximate surface area is 120 Å². The van der Waals surface area contributed by atoms with Gasteiger partial charge in [0, 0.05) is 13.5 Å². The lowest BCUT2D eigenvalue weighted by molar-refractivity contribution is -0.117. The van der Waals surface area contributed by atoms with Crippen LogP contribution < -0.4 is 5.48 Å². The summed E-state index contributed by atoms with van der Waals surface area (Å²) in [7, 11) is 1.69. The minimum atomic E-state index is -0.808. The van der Waals surface area contributed by atoms with Crippen LogP contribution >= 0.6 is 11.6 Å². The van der Waals surface area contributed by atoms with Crippen molar-refractivity contribution in [3.8, 4) is 0 Å². The Kier molecular flexibility index (Phi) is 4.37. The summed E-state index contributed by atoms with van der Waals surface area (Å²) in [4.78, 5) is 26.2. The summed E-state index contributed by atoms with van der Waals surface area (Å²) in [5, 5.41) is 4.23. The second-order valence-electron chi connectivity index (χ2n) is 4.02. The van der Waals surface area contributed by atoms with Crippen molar-refractivity contribution in [2.24, 2.45) is 7.05 Å². The molecular formula is C13H12ClN3O3. The van der Waals surface area contributed by atoms with Gasteiger partial charge in [-0.05, 0) is 5.56 Å². The molecule has 1 heterocycles. The normalized spacial score (nSPS) is 10.1. The molecule has 6 nitrogen and oxygen atoms in total. The smallest absolute Gasteiger partial charge is 0.334 e. The zero-order valence-electron chi connectivity index (χ0n) is 10.7. The van der Waals surface area contributed by atoms with Gasteiger partial charge in [0.1, 0.15) is 0 Å². The fraction of sp³-hybridized carbons (Fsp3) is 0.154. The first-order valence-electron chi connectivity index (χ1n) is 5.79. The van der Waals surface area contributed by atoms with E-state index in [-0.39, 0.29) is 17.1 Å². The lowest BCUT2D eigenvalue weighted by Gasteiger charge is -2.02. The van der Waals surface area contributed by atoms with Crippen LogP contribution in [0.25, 0.3) is 0 Å². The Balaban J connectivity index is 2.25. The fourth-order valence-electron chi connectivity index (χ4n) is 1.77. The third kappa shape index (κ3) is 2.97. The van der Waals surface area contributed by atoms with Crippen molar-refractivity contribution in [3.05, 3.63) is 52.3 Å². The van der Waals surface area contributed by atoms with E-state index in [1.54, 1.807) is 7.05 Å². The van der Waals surface area contributed by atoms with E-state index < -0.39 is 5.97 Å². The van der Waals surface area contributed by atoms with Crippen molar-refractivity contribution in [2.45, 2.75) is 6.42 Å². The predicted molar refractivity (Wildman–Crippen MR) is 72.1 cm³/mol. The number of carbonyl (C=O) groups excluding carboxylic acids is 2. The maximum absolute atomic E-state index is 11.6. The second kappa shape index (κ2) is 6.21. The van der Waals surface area contributed by atoms with Gasteiger partial charge in [0.15, 0.2) is 5.69 Å². The van der Waals surface area contributed by atoms with Gasteiger partial charge in [-0.1, -0.05) is 41.9 Å². The maximum Gasteiger partial charge on any atom is 0.384 e. The molecule has 104 valence electrons. The zero-order chi connectivity index (χ0) is 14.5. The minimum absolute atomic E-state index is 0.0329. The summed E-state index contributed by atoms with van der Waals surface area (Å²) in [6, 6.07) is 9.67. The molecule has 0 radical (unpaired) electrons. The number of nitrogens with one attached hydrogen (secondary N) is 1. The number of hydrogen-bond acceptors (Lipinski definition) is 4. The van der Waals surface area contributed by atoms with E-state index in [0.717, 1.165) is 5.56 Å². The average molecular weight is 294 g/mol. The molecule has 0 fully saturated rings. The van der Waals surface area contributed by atoms with Gasteiger partial charge in [0.05, 0.1) is 10.7 Å². The molecule has 1 N–H and O–H groups in total. The van der Waals surface area contributed by atoms with Crippen LogP contribution in [0.5, 0.6) is 0 Å². The van der Waals surface area contributed by atoms with Crippen molar-refractivity contribution in [2.75, 3.05) is 0 Å². The van der Waals surface area contributed by atoms with E-state index >= 15 is 0 Å². The van der Waals surface area contributed by atoms with Crippen LogP contribution in [0.4, 0.5) is 0 Å². The first-order chi connectivity index (χ1) is 9.63. The molecule has 7 heteroatoms. The molecule has 0 bridgehead atoms. The summed E-state index contributed by atoms with van der Waals surface area (Å²) >= 11 is 6.15. The summed E-state index contributed by atoms with van der Waals surface area (Å²) in [6.07, 6.45) is 0.789. The molecule has 0 spiro atoms. The molecule has 20 heavy (non-hydrogen) atoms. The van der Waals surface area contributed by atoms with Gasteiger partial charge in [0.25, 0.3) is 0 Å². The first kappa shape index (κ1) is 14.1.